The summed E-state index contributed by atoms with van der Waals surface area (Å²) in [5.41, 5.74) is 1.07. The van der Waals surface area contributed by atoms with Crippen molar-refractivity contribution < 1.29 is 14.7 Å². The molecule has 0 aromatic heterocycles. The molecule has 4 heteroatoms. The maximum absolute atomic E-state index is 12.4. The van der Waals surface area contributed by atoms with Crippen molar-refractivity contribution in [2.75, 3.05) is 0 Å². The summed E-state index contributed by atoms with van der Waals surface area (Å²) in [5, 5.41) is 11.9. The van der Waals surface area contributed by atoms with Crippen molar-refractivity contribution in [3.05, 3.63) is 35.9 Å². The highest BCUT2D eigenvalue weighted by molar-refractivity contribution is 5.85. The molecule has 3 rings (SSSR count). The molecule has 1 atom stereocenters. The van der Waals surface area contributed by atoms with Crippen molar-refractivity contribution in [1.29, 1.82) is 0 Å². The Hall–Kier alpha value is -1.84. The summed E-state index contributed by atoms with van der Waals surface area (Å²) in [7, 11) is 0. The van der Waals surface area contributed by atoms with Crippen molar-refractivity contribution in [2.24, 2.45) is 11.8 Å². The lowest BCUT2D eigenvalue weighted by Gasteiger charge is -2.34. The first-order valence-electron chi connectivity index (χ1n) is 7.23. The summed E-state index contributed by atoms with van der Waals surface area (Å²) < 4.78 is 0. The van der Waals surface area contributed by atoms with E-state index in [-0.39, 0.29) is 23.8 Å². The maximum Gasteiger partial charge on any atom is 0.306 e. The SMILES string of the molecule is O=C(O)C1CC(NC(=O)C(c2ccccc2)C2CC2)C1. The minimum atomic E-state index is -0.752. The number of carboxylic acid groups (broad SMARTS) is 1. The Morgan fingerprint density at radius 1 is 1.15 bits per heavy atom. The van der Waals surface area contributed by atoms with Crippen molar-refractivity contribution in [1.82, 2.24) is 5.32 Å². The molecule has 1 amide bonds. The van der Waals surface area contributed by atoms with Gasteiger partial charge in [-0.05, 0) is 37.2 Å². The second kappa shape index (κ2) is 5.27. The van der Waals surface area contributed by atoms with Crippen LogP contribution in [0.3, 0.4) is 0 Å². The zero-order valence-electron chi connectivity index (χ0n) is 11.3. The molecule has 2 aliphatic rings. The highest BCUT2D eigenvalue weighted by Crippen LogP contribution is 2.43. The van der Waals surface area contributed by atoms with E-state index < -0.39 is 5.97 Å². The Bertz CT molecular complexity index is 504. The predicted octanol–water partition coefficient (Wildman–Crippen LogP) is 2.16. The molecule has 20 heavy (non-hydrogen) atoms. The lowest BCUT2D eigenvalue weighted by atomic mass is 9.80. The van der Waals surface area contributed by atoms with Crippen molar-refractivity contribution in [3.8, 4) is 0 Å². The lowest BCUT2D eigenvalue weighted by Crippen LogP contribution is -2.48. The number of rotatable bonds is 5. The standard InChI is InChI=1S/C16H19NO3/c18-15(17-13-8-12(9-13)16(19)20)14(11-6-7-11)10-4-2-1-3-5-10/h1-5,11-14H,6-9H2,(H,17,18)(H,19,20). The fourth-order valence-corrected chi connectivity index (χ4v) is 2.96. The monoisotopic (exact) mass is 273 g/mol. The number of benzene rings is 1. The largest absolute Gasteiger partial charge is 0.481 e. The zero-order chi connectivity index (χ0) is 14.1. The molecule has 0 aliphatic heterocycles. The van der Waals surface area contributed by atoms with E-state index in [4.69, 9.17) is 5.11 Å². The second-order valence-electron chi connectivity index (χ2n) is 5.94. The summed E-state index contributed by atoms with van der Waals surface area (Å²) in [4.78, 5) is 23.2. The Labute approximate surface area is 118 Å². The normalized spacial score (nSPS) is 26.4. The fourth-order valence-electron chi connectivity index (χ4n) is 2.96. The number of aliphatic carboxylic acids is 1. The molecule has 0 saturated heterocycles. The average molecular weight is 273 g/mol. The highest BCUT2D eigenvalue weighted by atomic mass is 16.4. The Morgan fingerprint density at radius 2 is 1.80 bits per heavy atom. The number of hydrogen-bond donors (Lipinski definition) is 2. The minimum Gasteiger partial charge on any atom is -0.481 e. The average Bonchev–Trinajstić information content (AvgIpc) is 3.19. The quantitative estimate of drug-likeness (QED) is 0.864. The Kier molecular flexibility index (Phi) is 3.47. The van der Waals surface area contributed by atoms with E-state index in [0.717, 1.165) is 18.4 Å². The summed E-state index contributed by atoms with van der Waals surface area (Å²) >= 11 is 0. The molecule has 1 unspecified atom stereocenters. The van der Waals surface area contributed by atoms with Gasteiger partial charge in [0.2, 0.25) is 5.91 Å². The van der Waals surface area contributed by atoms with Gasteiger partial charge < -0.3 is 10.4 Å². The van der Waals surface area contributed by atoms with Gasteiger partial charge in [0.25, 0.3) is 0 Å². The molecule has 4 nitrogen and oxygen atoms in total. The third-order valence-corrected chi connectivity index (χ3v) is 4.37. The lowest BCUT2D eigenvalue weighted by molar-refractivity contribution is -0.146. The fraction of sp³-hybridized carbons (Fsp3) is 0.500. The number of amides is 1. The van der Waals surface area contributed by atoms with Crippen LogP contribution in [0.1, 0.15) is 37.2 Å². The first kappa shape index (κ1) is 13.2. The summed E-state index contributed by atoms with van der Waals surface area (Å²) in [6.45, 7) is 0. The third kappa shape index (κ3) is 2.69. The van der Waals surface area contributed by atoms with Gasteiger partial charge >= 0.3 is 5.97 Å². The van der Waals surface area contributed by atoms with Gasteiger partial charge in [-0.15, -0.1) is 0 Å². The van der Waals surface area contributed by atoms with E-state index in [9.17, 15) is 9.59 Å². The molecule has 0 radical (unpaired) electrons. The van der Waals surface area contributed by atoms with Crippen LogP contribution in [-0.4, -0.2) is 23.0 Å². The van der Waals surface area contributed by atoms with Gasteiger partial charge in [-0.25, -0.2) is 0 Å². The smallest absolute Gasteiger partial charge is 0.306 e. The van der Waals surface area contributed by atoms with Crippen LogP contribution >= 0.6 is 0 Å². The zero-order valence-corrected chi connectivity index (χ0v) is 11.3. The van der Waals surface area contributed by atoms with Crippen molar-refractivity contribution >= 4 is 11.9 Å². The number of hydrogen-bond acceptors (Lipinski definition) is 2. The molecule has 0 bridgehead atoms. The van der Waals surface area contributed by atoms with Gasteiger partial charge in [0.15, 0.2) is 0 Å². The molecule has 2 saturated carbocycles. The molecular formula is C16H19NO3. The molecular weight excluding hydrogens is 254 g/mol. The third-order valence-electron chi connectivity index (χ3n) is 4.37. The number of nitrogens with one attached hydrogen (secondary N) is 1. The molecule has 0 spiro atoms. The van der Waals surface area contributed by atoms with Crippen LogP contribution in [0.2, 0.25) is 0 Å². The summed E-state index contributed by atoms with van der Waals surface area (Å²) in [6, 6.07) is 9.92. The second-order valence-corrected chi connectivity index (χ2v) is 5.94. The molecule has 2 fully saturated rings. The first-order valence-corrected chi connectivity index (χ1v) is 7.23. The number of carbonyl (C=O) groups is 2. The van der Waals surface area contributed by atoms with E-state index in [1.54, 1.807) is 0 Å². The Balaban J connectivity index is 1.61. The van der Waals surface area contributed by atoms with Crippen LogP contribution in [0.15, 0.2) is 30.3 Å². The Morgan fingerprint density at radius 3 is 2.35 bits per heavy atom. The van der Waals surface area contributed by atoms with Gasteiger partial charge in [-0.1, -0.05) is 30.3 Å². The van der Waals surface area contributed by atoms with Crippen LogP contribution in [0.5, 0.6) is 0 Å². The molecule has 106 valence electrons. The van der Waals surface area contributed by atoms with Gasteiger partial charge in [0, 0.05) is 6.04 Å². The van der Waals surface area contributed by atoms with Crippen LogP contribution in [0.4, 0.5) is 0 Å². The van der Waals surface area contributed by atoms with Gasteiger partial charge in [0.05, 0.1) is 11.8 Å². The molecule has 1 aromatic carbocycles. The van der Waals surface area contributed by atoms with Gasteiger partial charge in [-0.3, -0.25) is 9.59 Å². The molecule has 2 N–H and O–H groups in total. The van der Waals surface area contributed by atoms with Crippen LogP contribution < -0.4 is 5.32 Å². The number of carboxylic acids is 1. The first-order chi connectivity index (χ1) is 9.65. The van der Waals surface area contributed by atoms with E-state index in [0.29, 0.717) is 18.8 Å². The number of carbonyl (C=O) groups excluding carboxylic acids is 1. The van der Waals surface area contributed by atoms with Crippen LogP contribution in [0.25, 0.3) is 0 Å². The van der Waals surface area contributed by atoms with Gasteiger partial charge in [0.1, 0.15) is 0 Å². The van der Waals surface area contributed by atoms with E-state index in [1.165, 1.54) is 0 Å². The predicted molar refractivity (Wildman–Crippen MR) is 74.2 cm³/mol. The van der Waals surface area contributed by atoms with Crippen LogP contribution in [-0.2, 0) is 9.59 Å². The molecule has 2 aliphatic carbocycles. The van der Waals surface area contributed by atoms with E-state index >= 15 is 0 Å². The maximum atomic E-state index is 12.4. The topological polar surface area (TPSA) is 66.4 Å². The van der Waals surface area contributed by atoms with Crippen molar-refractivity contribution in [3.63, 3.8) is 0 Å². The highest BCUT2D eigenvalue weighted by Gasteiger charge is 2.40. The van der Waals surface area contributed by atoms with Crippen LogP contribution in [0, 0.1) is 11.8 Å². The summed E-state index contributed by atoms with van der Waals surface area (Å²) in [5.74, 6) is -0.589. The molecule has 1 aromatic rings. The van der Waals surface area contributed by atoms with E-state index in [2.05, 4.69) is 5.32 Å². The molecule has 0 heterocycles. The minimum absolute atomic E-state index is 0.0357. The van der Waals surface area contributed by atoms with Gasteiger partial charge in [-0.2, -0.15) is 0 Å². The summed E-state index contributed by atoms with van der Waals surface area (Å²) in [6.07, 6.45) is 3.34. The van der Waals surface area contributed by atoms with Crippen molar-refractivity contribution in [2.45, 2.75) is 37.6 Å². The van der Waals surface area contributed by atoms with E-state index in [1.807, 2.05) is 30.3 Å².